The minimum atomic E-state index is -3.42. The van der Waals surface area contributed by atoms with Crippen molar-refractivity contribution in [2.75, 3.05) is 13.2 Å². The molecule has 0 amide bonds. The Morgan fingerprint density at radius 1 is 1.53 bits per heavy atom. The lowest BCUT2D eigenvalue weighted by molar-refractivity contribution is 0.0123. The number of ether oxygens (including phenoxy) is 1. The van der Waals surface area contributed by atoms with Crippen LogP contribution in [-0.2, 0) is 14.8 Å². The van der Waals surface area contributed by atoms with Gasteiger partial charge in [0.05, 0.1) is 12.3 Å². The van der Waals surface area contributed by atoms with Crippen molar-refractivity contribution in [1.82, 2.24) is 14.9 Å². The summed E-state index contributed by atoms with van der Waals surface area (Å²) < 4.78 is 31.5. The molecule has 1 unspecified atom stereocenters. The number of hydrogen-bond acceptors (Lipinski definition) is 4. The van der Waals surface area contributed by atoms with Crippen LogP contribution in [0.1, 0.15) is 25.7 Å². The molecule has 1 aliphatic rings. The van der Waals surface area contributed by atoms with Gasteiger partial charge in [0, 0.05) is 19.3 Å². The van der Waals surface area contributed by atoms with Crippen molar-refractivity contribution >= 4 is 10.0 Å². The van der Waals surface area contributed by atoms with E-state index in [9.17, 15) is 8.42 Å². The summed E-state index contributed by atoms with van der Waals surface area (Å²) in [6.07, 6.45) is 6.86. The number of H-pyrrole nitrogens is 1. The summed E-state index contributed by atoms with van der Waals surface area (Å²) in [5, 5.41) is 6.10. The summed E-state index contributed by atoms with van der Waals surface area (Å²) in [5.41, 5.74) is 0. The van der Waals surface area contributed by atoms with E-state index in [2.05, 4.69) is 14.9 Å². The van der Waals surface area contributed by atoms with Crippen molar-refractivity contribution in [3.8, 4) is 0 Å². The van der Waals surface area contributed by atoms with Gasteiger partial charge in [0.15, 0.2) is 0 Å². The highest BCUT2D eigenvalue weighted by Gasteiger charge is 2.17. The number of rotatable bonds is 5. The maximum absolute atomic E-state index is 11.7. The van der Waals surface area contributed by atoms with Crippen molar-refractivity contribution < 1.29 is 13.2 Å². The second-order valence-electron chi connectivity index (χ2n) is 4.11. The molecule has 1 atom stereocenters. The van der Waals surface area contributed by atoms with Gasteiger partial charge in [-0.25, -0.2) is 13.1 Å². The number of sulfonamides is 1. The molecule has 17 heavy (non-hydrogen) atoms. The maximum Gasteiger partial charge on any atom is 0.243 e. The number of nitrogens with one attached hydrogen (secondary N) is 2. The molecule has 1 fully saturated rings. The van der Waals surface area contributed by atoms with Gasteiger partial charge < -0.3 is 4.74 Å². The third kappa shape index (κ3) is 3.52. The standard InChI is InChI=1S/C10H17N3O3S/c14-17(15,10-7-11-12-8-10)13-5-4-9-3-1-2-6-16-9/h7-9,13H,1-6H2,(H,11,12). The number of aromatic nitrogens is 2. The Kier molecular flexibility index (Phi) is 4.14. The van der Waals surface area contributed by atoms with Crippen molar-refractivity contribution in [3.63, 3.8) is 0 Å². The van der Waals surface area contributed by atoms with Gasteiger partial charge >= 0.3 is 0 Å². The number of nitrogens with zero attached hydrogens (tertiary/aromatic N) is 1. The maximum atomic E-state index is 11.7. The Labute approximate surface area is 101 Å². The van der Waals surface area contributed by atoms with E-state index in [1.165, 1.54) is 18.8 Å². The van der Waals surface area contributed by atoms with Gasteiger partial charge in [-0.2, -0.15) is 5.10 Å². The quantitative estimate of drug-likeness (QED) is 0.813. The largest absolute Gasteiger partial charge is 0.378 e. The first-order chi connectivity index (χ1) is 8.18. The molecule has 2 rings (SSSR count). The van der Waals surface area contributed by atoms with Crippen LogP contribution in [0, 0.1) is 0 Å². The van der Waals surface area contributed by atoms with E-state index in [0.717, 1.165) is 25.9 Å². The molecule has 1 aliphatic heterocycles. The molecule has 1 aromatic rings. The molecule has 1 aromatic heterocycles. The molecule has 0 aromatic carbocycles. The van der Waals surface area contributed by atoms with Crippen LogP contribution in [0.3, 0.4) is 0 Å². The molecule has 0 spiro atoms. The number of aromatic amines is 1. The third-order valence-electron chi connectivity index (χ3n) is 2.82. The van der Waals surface area contributed by atoms with E-state index in [4.69, 9.17) is 4.74 Å². The first-order valence-corrected chi connectivity index (χ1v) is 7.27. The van der Waals surface area contributed by atoms with Crippen molar-refractivity contribution in [3.05, 3.63) is 12.4 Å². The lowest BCUT2D eigenvalue weighted by atomic mass is 10.1. The van der Waals surface area contributed by atoms with Crippen LogP contribution in [0.5, 0.6) is 0 Å². The predicted molar refractivity (Wildman–Crippen MR) is 62.0 cm³/mol. The highest BCUT2D eigenvalue weighted by Crippen LogP contribution is 2.15. The van der Waals surface area contributed by atoms with E-state index in [1.807, 2.05) is 0 Å². The summed E-state index contributed by atoms with van der Waals surface area (Å²) in [4.78, 5) is 0.169. The normalized spacial score (nSPS) is 21.5. The topological polar surface area (TPSA) is 84.1 Å². The highest BCUT2D eigenvalue weighted by molar-refractivity contribution is 7.89. The third-order valence-corrected chi connectivity index (χ3v) is 4.24. The average Bonchev–Trinajstić information content (AvgIpc) is 2.84. The zero-order valence-electron chi connectivity index (χ0n) is 9.55. The van der Waals surface area contributed by atoms with Crippen LogP contribution in [0.4, 0.5) is 0 Å². The Morgan fingerprint density at radius 3 is 3.06 bits per heavy atom. The molecule has 1 saturated heterocycles. The molecular formula is C10H17N3O3S. The van der Waals surface area contributed by atoms with Crippen LogP contribution in [0.2, 0.25) is 0 Å². The van der Waals surface area contributed by atoms with Crippen LogP contribution < -0.4 is 4.72 Å². The monoisotopic (exact) mass is 259 g/mol. The van der Waals surface area contributed by atoms with Crippen molar-refractivity contribution in [1.29, 1.82) is 0 Å². The van der Waals surface area contributed by atoms with Gasteiger partial charge in [0.1, 0.15) is 4.90 Å². The fourth-order valence-corrected chi connectivity index (χ4v) is 2.81. The van der Waals surface area contributed by atoms with Crippen molar-refractivity contribution in [2.45, 2.75) is 36.7 Å². The lowest BCUT2D eigenvalue weighted by Crippen LogP contribution is -2.29. The Hall–Kier alpha value is -0.920. The molecule has 6 nitrogen and oxygen atoms in total. The highest BCUT2D eigenvalue weighted by atomic mass is 32.2. The molecular weight excluding hydrogens is 242 g/mol. The molecule has 0 saturated carbocycles. The minimum Gasteiger partial charge on any atom is -0.378 e. The van der Waals surface area contributed by atoms with Crippen LogP contribution in [0.15, 0.2) is 17.3 Å². The Bertz CT molecular complexity index is 424. The van der Waals surface area contributed by atoms with Gasteiger partial charge in [0.2, 0.25) is 10.0 Å². The molecule has 2 heterocycles. The first kappa shape index (κ1) is 12.5. The predicted octanol–water partition coefficient (Wildman–Crippen LogP) is 0.647. The van der Waals surface area contributed by atoms with E-state index in [-0.39, 0.29) is 11.0 Å². The van der Waals surface area contributed by atoms with Gasteiger partial charge in [-0.1, -0.05) is 0 Å². The zero-order valence-corrected chi connectivity index (χ0v) is 10.4. The van der Waals surface area contributed by atoms with Crippen LogP contribution >= 0.6 is 0 Å². The SMILES string of the molecule is O=S(=O)(NCCC1CCCCO1)c1cn[nH]c1. The van der Waals surface area contributed by atoms with Gasteiger partial charge in [-0.05, 0) is 25.7 Å². The molecule has 7 heteroatoms. The average molecular weight is 259 g/mol. The Balaban J connectivity index is 1.78. The second-order valence-corrected chi connectivity index (χ2v) is 5.88. The summed E-state index contributed by atoms with van der Waals surface area (Å²) in [7, 11) is -3.42. The smallest absolute Gasteiger partial charge is 0.243 e. The fourth-order valence-electron chi connectivity index (χ4n) is 1.86. The summed E-state index contributed by atoms with van der Waals surface area (Å²) in [5.74, 6) is 0. The number of hydrogen-bond donors (Lipinski definition) is 2. The first-order valence-electron chi connectivity index (χ1n) is 5.78. The molecule has 96 valence electrons. The summed E-state index contributed by atoms with van der Waals surface area (Å²) in [6, 6.07) is 0. The molecule has 0 bridgehead atoms. The zero-order chi connectivity index (χ0) is 12.1. The van der Waals surface area contributed by atoms with Crippen LogP contribution in [0.25, 0.3) is 0 Å². The van der Waals surface area contributed by atoms with Crippen LogP contribution in [-0.4, -0.2) is 37.9 Å². The summed E-state index contributed by atoms with van der Waals surface area (Å²) in [6.45, 7) is 1.19. The minimum absolute atomic E-state index is 0.169. The van der Waals surface area contributed by atoms with Gasteiger partial charge in [-0.3, -0.25) is 5.10 Å². The Morgan fingerprint density at radius 2 is 2.41 bits per heavy atom. The summed E-state index contributed by atoms with van der Waals surface area (Å²) >= 11 is 0. The van der Waals surface area contributed by atoms with Gasteiger partial charge in [0.25, 0.3) is 0 Å². The fraction of sp³-hybridized carbons (Fsp3) is 0.700. The van der Waals surface area contributed by atoms with E-state index < -0.39 is 10.0 Å². The van der Waals surface area contributed by atoms with Crippen molar-refractivity contribution in [2.24, 2.45) is 0 Å². The van der Waals surface area contributed by atoms with E-state index in [1.54, 1.807) is 0 Å². The van der Waals surface area contributed by atoms with Gasteiger partial charge in [-0.15, -0.1) is 0 Å². The molecule has 2 N–H and O–H groups in total. The lowest BCUT2D eigenvalue weighted by Gasteiger charge is -2.22. The molecule has 0 aliphatic carbocycles. The molecule has 0 radical (unpaired) electrons. The van der Waals surface area contributed by atoms with E-state index in [0.29, 0.717) is 6.54 Å². The second kappa shape index (κ2) is 5.61. The van der Waals surface area contributed by atoms with E-state index >= 15 is 0 Å².